The largest absolute Gasteiger partial charge is 0.462 e. The highest BCUT2D eigenvalue weighted by atomic mass is 35.5. The van der Waals surface area contributed by atoms with E-state index in [1.807, 2.05) is 31.2 Å². The number of hydrogen-bond acceptors (Lipinski definition) is 5. The van der Waals surface area contributed by atoms with E-state index in [-0.39, 0.29) is 12.2 Å². The monoisotopic (exact) mass is 368 g/mol. The van der Waals surface area contributed by atoms with Crippen molar-refractivity contribution in [2.24, 2.45) is 0 Å². The van der Waals surface area contributed by atoms with Gasteiger partial charge in [0.1, 0.15) is 11.6 Å². The number of pyridine rings is 1. The van der Waals surface area contributed by atoms with Crippen LogP contribution in [0.1, 0.15) is 30.3 Å². The predicted octanol–water partition coefficient (Wildman–Crippen LogP) is 3.48. The minimum atomic E-state index is -0.640. The van der Waals surface area contributed by atoms with E-state index in [4.69, 9.17) is 16.3 Å². The first kappa shape index (κ1) is 17.9. The first-order chi connectivity index (χ1) is 12.6. The Morgan fingerprint density at radius 2 is 2.27 bits per heavy atom. The summed E-state index contributed by atoms with van der Waals surface area (Å²) in [6.45, 7) is 3.79. The third kappa shape index (κ3) is 3.26. The zero-order valence-corrected chi connectivity index (χ0v) is 15.2. The Kier molecular flexibility index (Phi) is 5.19. The molecular weight excluding hydrogens is 352 g/mol. The predicted molar refractivity (Wildman–Crippen MR) is 97.5 cm³/mol. The molecule has 0 saturated carbocycles. The van der Waals surface area contributed by atoms with Gasteiger partial charge in [-0.05, 0) is 50.5 Å². The van der Waals surface area contributed by atoms with Gasteiger partial charge in [-0.1, -0.05) is 17.7 Å². The molecule has 26 heavy (non-hydrogen) atoms. The van der Waals surface area contributed by atoms with Crippen molar-refractivity contribution in [1.82, 2.24) is 14.8 Å². The van der Waals surface area contributed by atoms with Crippen molar-refractivity contribution in [1.29, 1.82) is 5.26 Å². The number of aryl methyl sites for hydroxylation is 1. The molecule has 2 heterocycles. The minimum absolute atomic E-state index is 0.0572. The molecule has 0 saturated heterocycles. The number of allylic oxidation sites excluding steroid dienone is 2. The molecule has 0 atom stereocenters. The summed E-state index contributed by atoms with van der Waals surface area (Å²) in [6, 6.07) is 7.52. The van der Waals surface area contributed by atoms with Crippen LogP contribution in [-0.4, -0.2) is 27.3 Å². The van der Waals surface area contributed by atoms with E-state index >= 15 is 0 Å². The third-order valence-corrected chi connectivity index (χ3v) is 4.52. The topological polar surface area (TPSA) is 80.8 Å². The molecule has 0 N–H and O–H groups in total. The van der Waals surface area contributed by atoms with E-state index in [9.17, 15) is 10.1 Å². The van der Waals surface area contributed by atoms with Crippen molar-refractivity contribution >= 4 is 22.6 Å². The van der Waals surface area contributed by atoms with Gasteiger partial charge in [0.15, 0.2) is 5.82 Å². The zero-order valence-electron chi connectivity index (χ0n) is 14.5. The number of nitriles is 1. The first-order valence-electron chi connectivity index (χ1n) is 8.24. The Morgan fingerprint density at radius 3 is 2.92 bits per heavy atom. The molecule has 0 amide bonds. The summed E-state index contributed by atoms with van der Waals surface area (Å²) >= 11 is 6.60. The number of fused-ring (bicyclic) bond motifs is 1. The van der Waals surface area contributed by atoms with E-state index < -0.39 is 5.97 Å². The molecule has 0 spiro atoms. The Bertz CT molecular complexity index is 952. The highest BCUT2D eigenvalue weighted by Crippen LogP contribution is 2.37. The van der Waals surface area contributed by atoms with Gasteiger partial charge in [0.2, 0.25) is 0 Å². The van der Waals surface area contributed by atoms with Crippen LogP contribution in [0.3, 0.4) is 0 Å². The van der Waals surface area contributed by atoms with Crippen molar-refractivity contribution in [3.05, 3.63) is 58.6 Å². The summed E-state index contributed by atoms with van der Waals surface area (Å²) in [7, 11) is 0. The summed E-state index contributed by atoms with van der Waals surface area (Å²) in [6.07, 6.45) is 4.50. The van der Waals surface area contributed by atoms with Crippen LogP contribution in [-0.2, 0) is 16.0 Å². The fourth-order valence-corrected chi connectivity index (χ4v) is 3.33. The van der Waals surface area contributed by atoms with E-state index in [1.165, 1.54) is 6.08 Å². The molecule has 0 aliphatic heterocycles. The van der Waals surface area contributed by atoms with Crippen molar-refractivity contribution < 1.29 is 9.53 Å². The number of rotatable bonds is 4. The average molecular weight is 369 g/mol. The van der Waals surface area contributed by atoms with E-state index in [0.717, 1.165) is 28.3 Å². The number of halogens is 1. The molecule has 0 aromatic carbocycles. The SMILES string of the molecule is CCOC(=O)/C(C#N)=C/C1=C(Cl)c2c(C)nn(-c3ccccn3)c2CC1. The number of nitrogens with zero attached hydrogens (tertiary/aromatic N) is 4. The minimum Gasteiger partial charge on any atom is -0.462 e. The highest BCUT2D eigenvalue weighted by Gasteiger charge is 2.26. The maximum absolute atomic E-state index is 11.9. The second-order valence-electron chi connectivity index (χ2n) is 5.74. The average Bonchev–Trinajstić information content (AvgIpc) is 2.99. The molecule has 3 rings (SSSR count). The van der Waals surface area contributed by atoms with Crippen molar-refractivity contribution in [2.45, 2.75) is 26.7 Å². The molecule has 7 heteroatoms. The van der Waals surface area contributed by atoms with Gasteiger partial charge in [-0.3, -0.25) is 0 Å². The van der Waals surface area contributed by atoms with Gasteiger partial charge in [0.25, 0.3) is 0 Å². The molecule has 6 nitrogen and oxygen atoms in total. The molecule has 0 fully saturated rings. The fraction of sp³-hybridized carbons (Fsp3) is 0.263. The molecule has 132 valence electrons. The lowest BCUT2D eigenvalue weighted by Crippen LogP contribution is -2.10. The van der Waals surface area contributed by atoms with Crippen LogP contribution in [0, 0.1) is 18.3 Å². The maximum Gasteiger partial charge on any atom is 0.348 e. The number of aromatic nitrogens is 3. The van der Waals surface area contributed by atoms with Crippen LogP contribution in [0.5, 0.6) is 0 Å². The van der Waals surface area contributed by atoms with Gasteiger partial charge in [0, 0.05) is 11.8 Å². The molecule has 0 unspecified atom stereocenters. The number of carbonyl (C=O) groups is 1. The standard InChI is InChI=1S/C19H17ClN4O2/c1-3-26-19(25)14(11-21)10-13-7-8-15-17(18(13)20)12(2)23-24(15)16-6-4-5-9-22-16/h4-6,9-10H,3,7-8H2,1-2H3/b14-10+. The van der Waals surface area contributed by atoms with Crippen molar-refractivity contribution in [3.63, 3.8) is 0 Å². The molecular formula is C19H17ClN4O2. The normalized spacial score (nSPS) is 14.0. The smallest absolute Gasteiger partial charge is 0.348 e. The lowest BCUT2D eigenvalue weighted by molar-refractivity contribution is -0.138. The van der Waals surface area contributed by atoms with E-state index in [2.05, 4.69) is 10.1 Å². The summed E-state index contributed by atoms with van der Waals surface area (Å²) in [4.78, 5) is 16.2. The van der Waals surface area contributed by atoms with Crippen molar-refractivity contribution in [2.75, 3.05) is 6.61 Å². The Morgan fingerprint density at radius 1 is 1.46 bits per heavy atom. The van der Waals surface area contributed by atoms with Crippen LogP contribution >= 0.6 is 11.6 Å². The summed E-state index contributed by atoms with van der Waals surface area (Å²) in [5.74, 6) is 0.0863. The van der Waals surface area contributed by atoms with Crippen LogP contribution in [0.25, 0.3) is 10.9 Å². The molecule has 1 aliphatic rings. The van der Waals surface area contributed by atoms with Crippen LogP contribution in [0.4, 0.5) is 0 Å². The Balaban J connectivity index is 2.06. The van der Waals surface area contributed by atoms with Gasteiger partial charge in [-0.15, -0.1) is 0 Å². The van der Waals surface area contributed by atoms with Crippen molar-refractivity contribution in [3.8, 4) is 11.9 Å². The Hall–Kier alpha value is -2.91. The molecule has 2 aromatic rings. The molecule has 2 aromatic heterocycles. The molecule has 0 bridgehead atoms. The number of carbonyl (C=O) groups excluding carboxylic acids is 1. The van der Waals surface area contributed by atoms with Gasteiger partial charge in [-0.2, -0.15) is 10.4 Å². The number of esters is 1. The zero-order chi connectivity index (χ0) is 18.7. The lowest BCUT2D eigenvalue weighted by Gasteiger charge is -2.16. The fourth-order valence-electron chi connectivity index (χ4n) is 2.94. The van der Waals surface area contributed by atoms with Crippen LogP contribution in [0.2, 0.25) is 0 Å². The van der Waals surface area contributed by atoms with Gasteiger partial charge < -0.3 is 4.74 Å². The first-order valence-corrected chi connectivity index (χ1v) is 8.62. The number of hydrogen-bond donors (Lipinski definition) is 0. The van der Waals surface area contributed by atoms with E-state index in [0.29, 0.717) is 17.9 Å². The van der Waals surface area contributed by atoms with E-state index in [1.54, 1.807) is 17.8 Å². The lowest BCUT2D eigenvalue weighted by atomic mass is 9.94. The van der Waals surface area contributed by atoms with Crippen LogP contribution < -0.4 is 0 Å². The Labute approximate surface area is 156 Å². The second-order valence-corrected chi connectivity index (χ2v) is 6.11. The second kappa shape index (κ2) is 7.54. The highest BCUT2D eigenvalue weighted by molar-refractivity contribution is 6.50. The number of ether oxygens (including phenoxy) is 1. The molecule has 0 radical (unpaired) electrons. The van der Waals surface area contributed by atoms with Gasteiger partial charge >= 0.3 is 5.97 Å². The maximum atomic E-state index is 11.9. The third-order valence-electron chi connectivity index (χ3n) is 4.09. The summed E-state index contributed by atoms with van der Waals surface area (Å²) in [5.41, 5.74) is 3.25. The summed E-state index contributed by atoms with van der Waals surface area (Å²) < 4.78 is 6.70. The molecule has 1 aliphatic carbocycles. The summed E-state index contributed by atoms with van der Waals surface area (Å²) in [5, 5.41) is 14.3. The van der Waals surface area contributed by atoms with Crippen LogP contribution in [0.15, 0.2) is 41.6 Å². The van der Waals surface area contributed by atoms with Gasteiger partial charge in [-0.25, -0.2) is 14.5 Å². The van der Waals surface area contributed by atoms with Gasteiger partial charge in [0.05, 0.1) is 23.0 Å². The quantitative estimate of drug-likeness (QED) is 0.469.